The fourth-order valence-corrected chi connectivity index (χ4v) is 2.16. The Balaban J connectivity index is 2.29. The molecule has 1 aromatic rings. The van der Waals surface area contributed by atoms with Crippen LogP contribution in [0.1, 0.15) is 11.1 Å². The average molecular weight is 211 g/mol. The number of nitrogens with one attached hydrogen (secondary N) is 3. The maximum atomic E-state index is 11.2. The number of anilines is 1. The summed E-state index contributed by atoms with van der Waals surface area (Å²) in [6, 6.07) is 5.82. The molecule has 1 aliphatic rings. The standard InChI is InChI=1S/C9H13N3OS/c1-14(10,13)12-9-3-2-7-5-11-6-8(7)4-9/h2-4,11H,5-6H2,1H3,(H2,10,12,13). The molecular formula is C9H13N3OS. The second-order valence-corrected chi connectivity index (χ2v) is 5.42. The molecule has 0 bridgehead atoms. The zero-order valence-corrected chi connectivity index (χ0v) is 8.78. The Morgan fingerprint density at radius 1 is 1.43 bits per heavy atom. The summed E-state index contributed by atoms with van der Waals surface area (Å²) in [6.45, 7) is 1.76. The van der Waals surface area contributed by atoms with E-state index in [0.717, 1.165) is 18.8 Å². The first kappa shape index (κ1) is 9.48. The van der Waals surface area contributed by atoms with Gasteiger partial charge in [-0.2, -0.15) is 0 Å². The van der Waals surface area contributed by atoms with Gasteiger partial charge in [-0.1, -0.05) is 6.07 Å². The highest BCUT2D eigenvalue weighted by Crippen LogP contribution is 2.20. The summed E-state index contributed by atoms with van der Waals surface area (Å²) >= 11 is 0. The van der Waals surface area contributed by atoms with Crippen molar-refractivity contribution in [2.24, 2.45) is 0 Å². The summed E-state index contributed by atoms with van der Waals surface area (Å²) in [5, 5.41) is 3.23. The van der Waals surface area contributed by atoms with E-state index in [1.807, 2.05) is 18.2 Å². The molecule has 4 nitrogen and oxygen atoms in total. The number of benzene rings is 1. The van der Waals surface area contributed by atoms with E-state index < -0.39 is 9.92 Å². The van der Waals surface area contributed by atoms with E-state index >= 15 is 0 Å². The van der Waals surface area contributed by atoms with Gasteiger partial charge >= 0.3 is 0 Å². The molecule has 0 spiro atoms. The Kier molecular flexibility index (Phi) is 2.20. The molecular weight excluding hydrogens is 198 g/mol. The quantitative estimate of drug-likeness (QED) is 0.690. The maximum Gasteiger partial charge on any atom is 0.123 e. The minimum Gasteiger partial charge on any atom is -0.309 e. The van der Waals surface area contributed by atoms with Gasteiger partial charge in [0, 0.05) is 25.0 Å². The number of hydrogen-bond donors (Lipinski definition) is 3. The van der Waals surface area contributed by atoms with Gasteiger partial charge < -0.3 is 5.32 Å². The molecule has 0 aliphatic carbocycles. The summed E-state index contributed by atoms with van der Waals surface area (Å²) in [6.07, 6.45) is 1.37. The lowest BCUT2D eigenvalue weighted by molar-refractivity contribution is 0.682. The fourth-order valence-electron chi connectivity index (χ4n) is 1.58. The van der Waals surface area contributed by atoms with Gasteiger partial charge in [0.05, 0.1) is 0 Å². The molecule has 1 unspecified atom stereocenters. The summed E-state index contributed by atoms with van der Waals surface area (Å²) in [5.41, 5.74) is 3.26. The smallest absolute Gasteiger partial charge is 0.123 e. The van der Waals surface area contributed by atoms with Gasteiger partial charge in [0.1, 0.15) is 9.92 Å². The van der Waals surface area contributed by atoms with Gasteiger partial charge in [0.2, 0.25) is 0 Å². The van der Waals surface area contributed by atoms with Gasteiger partial charge in [0.15, 0.2) is 0 Å². The fraction of sp³-hybridized carbons (Fsp3) is 0.333. The Labute approximate surface area is 83.8 Å². The summed E-state index contributed by atoms with van der Waals surface area (Å²) < 4.78 is 21.1. The van der Waals surface area contributed by atoms with E-state index in [1.54, 1.807) is 0 Å². The lowest BCUT2D eigenvalue weighted by Gasteiger charge is -2.07. The summed E-state index contributed by atoms with van der Waals surface area (Å²) in [7, 11) is -2.67. The molecule has 3 N–H and O–H groups in total. The second kappa shape index (κ2) is 3.25. The first-order valence-electron chi connectivity index (χ1n) is 4.39. The zero-order chi connectivity index (χ0) is 10.2. The minimum atomic E-state index is -2.67. The van der Waals surface area contributed by atoms with Crippen LogP contribution in [0.4, 0.5) is 5.69 Å². The first-order valence-corrected chi connectivity index (χ1v) is 6.35. The lowest BCUT2D eigenvalue weighted by Crippen LogP contribution is -2.07. The molecule has 0 aromatic heterocycles. The monoisotopic (exact) mass is 211 g/mol. The normalized spacial score (nSPS) is 18.6. The second-order valence-electron chi connectivity index (χ2n) is 3.53. The Morgan fingerprint density at radius 2 is 2.14 bits per heavy atom. The highest BCUT2D eigenvalue weighted by Gasteiger charge is 2.10. The summed E-state index contributed by atoms with van der Waals surface area (Å²) in [4.78, 5) is 0. The Hall–Kier alpha value is -1.07. The zero-order valence-electron chi connectivity index (χ0n) is 7.96. The van der Waals surface area contributed by atoms with E-state index in [-0.39, 0.29) is 0 Å². The van der Waals surface area contributed by atoms with Crippen LogP contribution in [0.25, 0.3) is 0 Å². The largest absolute Gasteiger partial charge is 0.309 e. The van der Waals surface area contributed by atoms with Crippen molar-refractivity contribution < 1.29 is 4.21 Å². The van der Waals surface area contributed by atoms with Crippen LogP contribution in [-0.2, 0) is 23.0 Å². The number of rotatable bonds is 2. The Morgan fingerprint density at radius 3 is 2.86 bits per heavy atom. The van der Waals surface area contributed by atoms with Crippen LogP contribution >= 0.6 is 0 Å². The molecule has 1 heterocycles. The molecule has 0 saturated carbocycles. The van der Waals surface area contributed by atoms with E-state index in [0.29, 0.717) is 0 Å². The first-order chi connectivity index (χ1) is 6.54. The van der Waals surface area contributed by atoms with Crippen LogP contribution in [0.2, 0.25) is 0 Å². The molecule has 76 valence electrons. The van der Waals surface area contributed by atoms with Gasteiger partial charge in [-0.3, -0.25) is 4.72 Å². The van der Waals surface area contributed by atoms with Crippen LogP contribution in [-0.4, -0.2) is 10.5 Å². The van der Waals surface area contributed by atoms with Crippen molar-refractivity contribution in [1.82, 2.24) is 5.32 Å². The van der Waals surface area contributed by atoms with Gasteiger partial charge in [-0.25, -0.2) is 8.99 Å². The SMILES string of the molecule is CS(=N)(=O)Nc1ccc2c(c1)CNC2. The highest BCUT2D eigenvalue weighted by molar-refractivity contribution is 7.93. The summed E-state index contributed by atoms with van der Waals surface area (Å²) in [5.74, 6) is 0. The van der Waals surface area contributed by atoms with Crippen molar-refractivity contribution in [3.63, 3.8) is 0 Å². The molecule has 1 aliphatic heterocycles. The maximum absolute atomic E-state index is 11.2. The third-order valence-electron chi connectivity index (χ3n) is 2.15. The molecule has 5 heteroatoms. The number of fused-ring (bicyclic) bond motifs is 1. The molecule has 1 aromatic carbocycles. The van der Waals surface area contributed by atoms with Crippen LogP contribution in [0, 0.1) is 4.78 Å². The van der Waals surface area contributed by atoms with Gasteiger partial charge in [0.25, 0.3) is 0 Å². The van der Waals surface area contributed by atoms with Gasteiger partial charge in [-0.05, 0) is 23.3 Å². The van der Waals surface area contributed by atoms with E-state index in [2.05, 4.69) is 10.0 Å². The molecule has 0 radical (unpaired) electrons. The van der Waals surface area contributed by atoms with Gasteiger partial charge in [-0.15, -0.1) is 0 Å². The Bertz CT molecular complexity index is 453. The molecule has 1 atom stereocenters. The van der Waals surface area contributed by atoms with Crippen LogP contribution in [0.15, 0.2) is 18.2 Å². The molecule has 0 fully saturated rings. The van der Waals surface area contributed by atoms with Crippen LogP contribution < -0.4 is 10.0 Å². The molecule has 14 heavy (non-hydrogen) atoms. The van der Waals surface area contributed by atoms with Crippen molar-refractivity contribution in [1.29, 1.82) is 4.78 Å². The third-order valence-corrected chi connectivity index (χ3v) is 2.78. The predicted molar refractivity (Wildman–Crippen MR) is 57.4 cm³/mol. The van der Waals surface area contributed by atoms with E-state index in [9.17, 15) is 4.21 Å². The average Bonchev–Trinajstić information content (AvgIpc) is 2.47. The minimum absolute atomic E-state index is 0.759. The van der Waals surface area contributed by atoms with E-state index in [1.165, 1.54) is 17.4 Å². The highest BCUT2D eigenvalue weighted by atomic mass is 32.2. The predicted octanol–water partition coefficient (Wildman–Crippen LogP) is 1.29. The van der Waals surface area contributed by atoms with Crippen molar-refractivity contribution in [2.75, 3.05) is 11.0 Å². The van der Waals surface area contributed by atoms with Crippen molar-refractivity contribution in [2.45, 2.75) is 13.1 Å². The molecule has 0 saturated heterocycles. The van der Waals surface area contributed by atoms with Crippen LogP contribution in [0.3, 0.4) is 0 Å². The van der Waals surface area contributed by atoms with E-state index in [4.69, 9.17) is 4.78 Å². The number of hydrogen-bond acceptors (Lipinski definition) is 3. The van der Waals surface area contributed by atoms with Crippen LogP contribution in [0.5, 0.6) is 0 Å². The molecule has 2 rings (SSSR count). The molecule has 0 amide bonds. The van der Waals surface area contributed by atoms with Crippen molar-refractivity contribution >= 4 is 15.6 Å². The lowest BCUT2D eigenvalue weighted by atomic mass is 10.1. The third kappa shape index (κ3) is 2.05. The van der Waals surface area contributed by atoms with Crippen molar-refractivity contribution in [3.05, 3.63) is 29.3 Å². The topological polar surface area (TPSA) is 65.0 Å². The van der Waals surface area contributed by atoms with Crippen molar-refractivity contribution in [3.8, 4) is 0 Å².